The fourth-order valence-corrected chi connectivity index (χ4v) is 1.60. The number of benzene rings is 1. The summed E-state index contributed by atoms with van der Waals surface area (Å²) in [4.78, 5) is 11.1. The van der Waals surface area contributed by atoms with Crippen LogP contribution in [0, 0.1) is 0 Å². The van der Waals surface area contributed by atoms with Crippen LogP contribution >= 0.6 is 0 Å². The first-order chi connectivity index (χ1) is 6.64. The molecule has 3 N–H and O–H groups in total. The van der Waals surface area contributed by atoms with E-state index in [1.54, 1.807) is 6.92 Å². The molecule has 1 fully saturated rings. The molecule has 74 valence electrons. The fourth-order valence-electron chi connectivity index (χ4n) is 1.60. The molecule has 0 saturated carbocycles. The average Bonchev–Trinajstić information content (AvgIpc) is 2.49. The van der Waals surface area contributed by atoms with Gasteiger partial charge >= 0.3 is 0 Å². The van der Waals surface area contributed by atoms with Gasteiger partial charge in [0, 0.05) is 0 Å². The Hall–Kier alpha value is -1.39. The van der Waals surface area contributed by atoms with Crippen molar-refractivity contribution in [2.75, 3.05) is 0 Å². The third-order valence-corrected chi connectivity index (χ3v) is 2.61. The van der Waals surface area contributed by atoms with Crippen LogP contribution in [0.2, 0.25) is 0 Å². The highest BCUT2D eigenvalue weighted by Crippen LogP contribution is 2.26. The predicted octanol–water partition coefficient (Wildman–Crippen LogP) is -0.103. The standard InChI is InChI=1S/C10H12N2O2/c1-10(7-5-3-2-4-6-7)8(13)9(14)11-12-10/h2-6,8,12-13H,1H3,(H,11,14). The maximum absolute atomic E-state index is 11.1. The Balaban J connectivity index is 2.39. The summed E-state index contributed by atoms with van der Waals surface area (Å²) in [6, 6.07) is 9.38. The largest absolute Gasteiger partial charge is 0.381 e. The van der Waals surface area contributed by atoms with Crippen LogP contribution in [0.3, 0.4) is 0 Å². The van der Waals surface area contributed by atoms with Gasteiger partial charge < -0.3 is 5.11 Å². The lowest BCUT2D eigenvalue weighted by atomic mass is 9.88. The van der Waals surface area contributed by atoms with Crippen LogP contribution in [0.1, 0.15) is 12.5 Å². The van der Waals surface area contributed by atoms with Gasteiger partial charge in [-0.25, -0.2) is 5.43 Å². The summed E-state index contributed by atoms with van der Waals surface area (Å²) in [6.07, 6.45) is -1.05. The molecule has 1 saturated heterocycles. The van der Waals surface area contributed by atoms with E-state index in [1.165, 1.54) is 0 Å². The molecular formula is C10H12N2O2. The molecule has 4 heteroatoms. The average molecular weight is 192 g/mol. The molecule has 0 aliphatic carbocycles. The normalized spacial score (nSPS) is 31.6. The summed E-state index contributed by atoms with van der Waals surface area (Å²) in [5.74, 6) is -0.392. The topological polar surface area (TPSA) is 61.4 Å². The van der Waals surface area contributed by atoms with Crippen LogP contribution in [-0.4, -0.2) is 17.1 Å². The van der Waals surface area contributed by atoms with Gasteiger partial charge in [0.25, 0.3) is 5.91 Å². The van der Waals surface area contributed by atoms with Gasteiger partial charge in [-0.3, -0.25) is 10.2 Å². The van der Waals surface area contributed by atoms with Crippen molar-refractivity contribution < 1.29 is 9.90 Å². The Morgan fingerprint density at radius 3 is 2.50 bits per heavy atom. The first kappa shape index (κ1) is 9.18. The van der Waals surface area contributed by atoms with E-state index in [4.69, 9.17) is 0 Å². The second-order valence-electron chi connectivity index (χ2n) is 3.59. The number of aliphatic hydroxyl groups excluding tert-OH is 1. The summed E-state index contributed by atoms with van der Waals surface area (Å²) in [5.41, 5.74) is 5.36. The lowest BCUT2D eigenvalue weighted by Gasteiger charge is -2.25. The van der Waals surface area contributed by atoms with E-state index in [0.717, 1.165) is 5.56 Å². The molecule has 1 aromatic carbocycles. The molecule has 0 aromatic heterocycles. The van der Waals surface area contributed by atoms with Gasteiger partial charge in [-0.1, -0.05) is 30.3 Å². The number of hydrazine groups is 1. The highest BCUT2D eigenvalue weighted by atomic mass is 16.3. The number of aliphatic hydroxyl groups is 1. The number of amides is 1. The SMILES string of the molecule is CC1(c2ccccc2)NNC(=O)C1O. The Labute approximate surface area is 81.9 Å². The zero-order valence-electron chi connectivity index (χ0n) is 7.82. The summed E-state index contributed by atoms with van der Waals surface area (Å²) >= 11 is 0. The van der Waals surface area contributed by atoms with Crippen molar-refractivity contribution in [3.63, 3.8) is 0 Å². The minimum absolute atomic E-state index is 0.392. The molecule has 1 aliphatic rings. The molecule has 0 spiro atoms. The van der Waals surface area contributed by atoms with Gasteiger partial charge in [-0.15, -0.1) is 0 Å². The smallest absolute Gasteiger partial charge is 0.265 e. The number of hydrogen-bond acceptors (Lipinski definition) is 3. The molecule has 14 heavy (non-hydrogen) atoms. The van der Waals surface area contributed by atoms with E-state index in [1.807, 2.05) is 30.3 Å². The quantitative estimate of drug-likeness (QED) is 0.582. The van der Waals surface area contributed by atoms with Crippen molar-refractivity contribution in [3.05, 3.63) is 35.9 Å². The molecule has 1 heterocycles. The van der Waals surface area contributed by atoms with Crippen LogP contribution in [0.4, 0.5) is 0 Å². The minimum Gasteiger partial charge on any atom is -0.381 e. The zero-order valence-corrected chi connectivity index (χ0v) is 7.82. The van der Waals surface area contributed by atoms with Crippen LogP contribution in [0.5, 0.6) is 0 Å². The maximum atomic E-state index is 11.1. The molecule has 2 rings (SSSR count). The van der Waals surface area contributed by atoms with E-state index in [9.17, 15) is 9.90 Å². The highest BCUT2D eigenvalue weighted by Gasteiger charge is 2.44. The lowest BCUT2D eigenvalue weighted by molar-refractivity contribution is -0.127. The summed E-state index contributed by atoms with van der Waals surface area (Å²) in [6.45, 7) is 1.78. The van der Waals surface area contributed by atoms with Gasteiger partial charge in [0.2, 0.25) is 0 Å². The molecule has 0 bridgehead atoms. The summed E-state index contributed by atoms with van der Waals surface area (Å²) in [7, 11) is 0. The molecule has 1 aromatic rings. The van der Waals surface area contributed by atoms with Crippen molar-refractivity contribution in [1.29, 1.82) is 0 Å². The Kier molecular flexibility index (Phi) is 2.02. The van der Waals surface area contributed by atoms with Gasteiger partial charge in [-0.05, 0) is 12.5 Å². The summed E-state index contributed by atoms with van der Waals surface area (Å²) < 4.78 is 0. The molecule has 4 nitrogen and oxygen atoms in total. The van der Waals surface area contributed by atoms with Crippen molar-refractivity contribution in [3.8, 4) is 0 Å². The monoisotopic (exact) mass is 192 g/mol. The minimum atomic E-state index is -1.05. The third-order valence-electron chi connectivity index (χ3n) is 2.61. The Bertz CT molecular complexity index is 352. The van der Waals surface area contributed by atoms with Gasteiger partial charge in [0.15, 0.2) is 6.10 Å². The molecule has 1 aliphatic heterocycles. The zero-order chi connectivity index (χ0) is 10.2. The van der Waals surface area contributed by atoms with Gasteiger partial charge in [-0.2, -0.15) is 0 Å². The van der Waals surface area contributed by atoms with E-state index in [2.05, 4.69) is 10.9 Å². The molecule has 2 unspecified atom stereocenters. The van der Waals surface area contributed by atoms with E-state index in [0.29, 0.717) is 0 Å². The molecular weight excluding hydrogens is 180 g/mol. The summed E-state index contributed by atoms with van der Waals surface area (Å²) in [5, 5.41) is 9.70. The number of rotatable bonds is 1. The predicted molar refractivity (Wildman–Crippen MR) is 51.1 cm³/mol. The third kappa shape index (κ3) is 1.20. The number of hydrogen-bond donors (Lipinski definition) is 3. The van der Waals surface area contributed by atoms with Crippen molar-refractivity contribution in [2.24, 2.45) is 0 Å². The number of carbonyl (C=O) groups is 1. The molecule has 0 radical (unpaired) electrons. The molecule has 2 atom stereocenters. The van der Waals surface area contributed by atoms with Gasteiger partial charge in [0.1, 0.15) is 0 Å². The number of carbonyl (C=O) groups excluding carboxylic acids is 1. The molecule has 1 amide bonds. The Morgan fingerprint density at radius 1 is 1.36 bits per heavy atom. The van der Waals surface area contributed by atoms with Crippen LogP contribution in [0.15, 0.2) is 30.3 Å². The first-order valence-electron chi connectivity index (χ1n) is 4.45. The van der Waals surface area contributed by atoms with Crippen molar-refractivity contribution >= 4 is 5.91 Å². The fraction of sp³-hybridized carbons (Fsp3) is 0.300. The lowest BCUT2D eigenvalue weighted by Crippen LogP contribution is -2.43. The van der Waals surface area contributed by atoms with Gasteiger partial charge in [0.05, 0.1) is 5.54 Å². The second-order valence-corrected chi connectivity index (χ2v) is 3.59. The van der Waals surface area contributed by atoms with E-state index in [-0.39, 0.29) is 0 Å². The van der Waals surface area contributed by atoms with Crippen LogP contribution in [-0.2, 0) is 10.3 Å². The highest BCUT2D eigenvalue weighted by molar-refractivity contribution is 5.84. The van der Waals surface area contributed by atoms with E-state index < -0.39 is 17.6 Å². The van der Waals surface area contributed by atoms with Crippen LogP contribution in [0.25, 0.3) is 0 Å². The van der Waals surface area contributed by atoms with Crippen molar-refractivity contribution in [2.45, 2.75) is 18.6 Å². The van der Waals surface area contributed by atoms with Crippen molar-refractivity contribution in [1.82, 2.24) is 10.9 Å². The van der Waals surface area contributed by atoms with Crippen LogP contribution < -0.4 is 10.9 Å². The first-order valence-corrected chi connectivity index (χ1v) is 4.45. The second kappa shape index (κ2) is 3.08. The van der Waals surface area contributed by atoms with E-state index >= 15 is 0 Å². The number of nitrogens with one attached hydrogen (secondary N) is 2. The maximum Gasteiger partial charge on any atom is 0.265 e. The Morgan fingerprint density at radius 2 is 2.00 bits per heavy atom.